The zero-order valence-electron chi connectivity index (χ0n) is 11.7. The smallest absolute Gasteiger partial charge is 0.185 e. The molecule has 1 saturated carbocycles. The predicted octanol–water partition coefficient (Wildman–Crippen LogP) is 2.36. The zero-order chi connectivity index (χ0) is 13.1. The molecule has 0 bridgehead atoms. The van der Waals surface area contributed by atoms with E-state index in [1.54, 1.807) is 0 Å². The summed E-state index contributed by atoms with van der Waals surface area (Å²) >= 11 is 1.88. The number of nitrogens with zero attached hydrogens (tertiary/aromatic N) is 2. The highest BCUT2D eigenvalue weighted by Crippen LogP contribution is 2.44. The quantitative estimate of drug-likeness (QED) is 0.812. The van der Waals surface area contributed by atoms with E-state index < -0.39 is 0 Å². The lowest BCUT2D eigenvalue weighted by Gasteiger charge is -2.26. The van der Waals surface area contributed by atoms with Gasteiger partial charge in [0, 0.05) is 30.4 Å². The van der Waals surface area contributed by atoms with E-state index in [4.69, 9.17) is 9.72 Å². The van der Waals surface area contributed by atoms with Crippen LogP contribution in [0.5, 0.6) is 0 Å². The number of morpholine rings is 1. The fourth-order valence-corrected chi connectivity index (χ4v) is 3.59. The molecule has 19 heavy (non-hydrogen) atoms. The van der Waals surface area contributed by atoms with Crippen molar-refractivity contribution in [3.8, 4) is 0 Å². The minimum atomic E-state index is 0.740. The molecule has 2 aliphatic rings. The molecule has 3 rings (SSSR count). The van der Waals surface area contributed by atoms with Crippen LogP contribution in [0, 0.1) is 0 Å². The Hall–Kier alpha value is -0.650. The van der Waals surface area contributed by atoms with Gasteiger partial charge in [0.05, 0.1) is 18.9 Å². The summed E-state index contributed by atoms with van der Waals surface area (Å²) < 4.78 is 5.42. The number of aromatic nitrogens is 1. The highest BCUT2D eigenvalue weighted by Gasteiger charge is 2.30. The van der Waals surface area contributed by atoms with Crippen molar-refractivity contribution in [2.45, 2.75) is 38.6 Å². The number of anilines is 1. The molecule has 5 heteroatoms. The summed E-state index contributed by atoms with van der Waals surface area (Å²) in [5.74, 6) is 0.740. The fourth-order valence-electron chi connectivity index (χ4n) is 2.42. The van der Waals surface area contributed by atoms with Crippen molar-refractivity contribution in [2.75, 3.05) is 37.7 Å². The average Bonchev–Trinajstić information content (AvgIpc) is 3.21. The molecule has 2 heterocycles. The van der Waals surface area contributed by atoms with Gasteiger partial charge in [0.2, 0.25) is 0 Å². The van der Waals surface area contributed by atoms with Gasteiger partial charge in [-0.2, -0.15) is 0 Å². The Balaban J connectivity index is 1.71. The SMILES string of the molecule is CCCNCc1sc(N2CCOCC2)nc1C1CC1. The minimum Gasteiger partial charge on any atom is -0.378 e. The third kappa shape index (κ3) is 3.27. The Morgan fingerprint density at radius 3 is 2.84 bits per heavy atom. The fraction of sp³-hybridized carbons (Fsp3) is 0.786. The van der Waals surface area contributed by atoms with Gasteiger partial charge in [-0.1, -0.05) is 6.92 Å². The van der Waals surface area contributed by atoms with Crippen molar-refractivity contribution in [1.29, 1.82) is 0 Å². The van der Waals surface area contributed by atoms with Gasteiger partial charge < -0.3 is 15.0 Å². The van der Waals surface area contributed by atoms with Gasteiger partial charge in [0.1, 0.15) is 0 Å². The number of rotatable bonds is 6. The van der Waals surface area contributed by atoms with E-state index >= 15 is 0 Å². The monoisotopic (exact) mass is 281 g/mol. The van der Waals surface area contributed by atoms with Crippen LogP contribution in [0.4, 0.5) is 5.13 Å². The Bertz CT molecular complexity index is 411. The molecule has 0 unspecified atom stereocenters. The first kappa shape index (κ1) is 13.3. The lowest BCUT2D eigenvalue weighted by molar-refractivity contribution is 0.122. The predicted molar refractivity (Wildman–Crippen MR) is 79.1 cm³/mol. The van der Waals surface area contributed by atoms with Gasteiger partial charge in [0.15, 0.2) is 5.13 Å². The van der Waals surface area contributed by atoms with Crippen LogP contribution in [-0.4, -0.2) is 37.8 Å². The maximum atomic E-state index is 5.42. The van der Waals surface area contributed by atoms with E-state index in [9.17, 15) is 0 Å². The number of hydrogen-bond acceptors (Lipinski definition) is 5. The van der Waals surface area contributed by atoms with Crippen molar-refractivity contribution >= 4 is 16.5 Å². The number of hydrogen-bond donors (Lipinski definition) is 1. The van der Waals surface area contributed by atoms with Gasteiger partial charge in [-0.25, -0.2) is 4.98 Å². The maximum Gasteiger partial charge on any atom is 0.185 e. The molecule has 0 atom stereocenters. The number of ether oxygens (including phenoxy) is 1. The molecule has 1 aliphatic carbocycles. The molecule has 1 aromatic rings. The highest BCUT2D eigenvalue weighted by molar-refractivity contribution is 7.15. The van der Waals surface area contributed by atoms with E-state index in [2.05, 4.69) is 17.1 Å². The third-order valence-electron chi connectivity index (χ3n) is 3.67. The van der Waals surface area contributed by atoms with E-state index in [-0.39, 0.29) is 0 Å². The molecule has 0 radical (unpaired) electrons. The summed E-state index contributed by atoms with van der Waals surface area (Å²) in [6.07, 6.45) is 3.84. The highest BCUT2D eigenvalue weighted by atomic mass is 32.1. The first-order valence-electron chi connectivity index (χ1n) is 7.41. The summed E-state index contributed by atoms with van der Waals surface area (Å²) in [7, 11) is 0. The maximum absolute atomic E-state index is 5.42. The van der Waals surface area contributed by atoms with Gasteiger partial charge in [-0.3, -0.25) is 0 Å². The van der Waals surface area contributed by atoms with Crippen molar-refractivity contribution in [1.82, 2.24) is 10.3 Å². The van der Waals surface area contributed by atoms with Crippen LogP contribution in [0.15, 0.2) is 0 Å². The lowest BCUT2D eigenvalue weighted by Crippen LogP contribution is -2.36. The average molecular weight is 281 g/mol. The molecule has 0 amide bonds. The van der Waals surface area contributed by atoms with Crippen LogP contribution in [0.3, 0.4) is 0 Å². The van der Waals surface area contributed by atoms with Crippen molar-refractivity contribution in [2.24, 2.45) is 0 Å². The Morgan fingerprint density at radius 1 is 1.37 bits per heavy atom. The Morgan fingerprint density at radius 2 is 2.16 bits per heavy atom. The summed E-state index contributed by atoms with van der Waals surface area (Å²) in [4.78, 5) is 8.76. The van der Waals surface area contributed by atoms with E-state index in [1.807, 2.05) is 11.3 Å². The first-order chi connectivity index (χ1) is 9.38. The minimum absolute atomic E-state index is 0.740. The van der Waals surface area contributed by atoms with Crippen LogP contribution in [0.2, 0.25) is 0 Å². The van der Waals surface area contributed by atoms with E-state index in [0.717, 1.165) is 45.3 Å². The Labute approximate surface area is 119 Å². The Kier molecular flexibility index (Phi) is 4.35. The number of thiazole rings is 1. The molecule has 106 valence electrons. The molecular formula is C14H23N3OS. The second-order valence-electron chi connectivity index (χ2n) is 5.36. The van der Waals surface area contributed by atoms with Crippen molar-refractivity contribution in [3.05, 3.63) is 10.6 Å². The van der Waals surface area contributed by atoms with Crippen molar-refractivity contribution in [3.63, 3.8) is 0 Å². The van der Waals surface area contributed by atoms with Gasteiger partial charge in [-0.05, 0) is 25.8 Å². The molecule has 0 spiro atoms. The van der Waals surface area contributed by atoms with E-state index in [0.29, 0.717) is 0 Å². The molecule has 0 aromatic carbocycles. The molecular weight excluding hydrogens is 258 g/mol. The second kappa shape index (κ2) is 6.20. The van der Waals surface area contributed by atoms with Gasteiger partial charge in [-0.15, -0.1) is 11.3 Å². The molecule has 1 aliphatic heterocycles. The summed E-state index contributed by atoms with van der Waals surface area (Å²) in [6.45, 7) is 7.93. The van der Waals surface area contributed by atoms with Crippen LogP contribution in [-0.2, 0) is 11.3 Å². The number of nitrogens with one attached hydrogen (secondary N) is 1. The topological polar surface area (TPSA) is 37.4 Å². The molecule has 2 fully saturated rings. The van der Waals surface area contributed by atoms with Crippen LogP contribution < -0.4 is 10.2 Å². The largest absolute Gasteiger partial charge is 0.378 e. The first-order valence-corrected chi connectivity index (χ1v) is 8.23. The van der Waals surface area contributed by atoms with Crippen LogP contribution in [0.1, 0.15) is 42.7 Å². The second-order valence-corrected chi connectivity index (χ2v) is 6.42. The standard InChI is InChI=1S/C14H23N3OS/c1-2-5-15-10-12-13(11-3-4-11)16-14(19-12)17-6-8-18-9-7-17/h11,15H,2-10H2,1H3. The zero-order valence-corrected chi connectivity index (χ0v) is 12.5. The molecule has 4 nitrogen and oxygen atoms in total. The lowest BCUT2D eigenvalue weighted by atomic mass is 10.2. The summed E-state index contributed by atoms with van der Waals surface area (Å²) in [5.41, 5.74) is 1.37. The summed E-state index contributed by atoms with van der Waals surface area (Å²) in [6, 6.07) is 0. The third-order valence-corrected chi connectivity index (χ3v) is 4.81. The molecule has 1 saturated heterocycles. The molecule has 1 aromatic heterocycles. The van der Waals surface area contributed by atoms with Gasteiger partial charge >= 0.3 is 0 Å². The normalized spacial score (nSPS) is 19.9. The van der Waals surface area contributed by atoms with Crippen LogP contribution >= 0.6 is 11.3 Å². The van der Waals surface area contributed by atoms with E-state index in [1.165, 1.54) is 35.0 Å². The van der Waals surface area contributed by atoms with Gasteiger partial charge in [0.25, 0.3) is 0 Å². The summed E-state index contributed by atoms with van der Waals surface area (Å²) in [5, 5.41) is 4.72. The van der Waals surface area contributed by atoms with Crippen LogP contribution in [0.25, 0.3) is 0 Å². The van der Waals surface area contributed by atoms with Crippen molar-refractivity contribution < 1.29 is 4.74 Å². The molecule has 1 N–H and O–H groups in total.